The van der Waals surface area contributed by atoms with E-state index in [0.29, 0.717) is 41.2 Å². The average Bonchev–Trinajstić information content (AvgIpc) is 2.92. The van der Waals surface area contributed by atoms with Crippen LogP contribution in [0.25, 0.3) is 0 Å². The van der Waals surface area contributed by atoms with Crippen LogP contribution in [0.2, 0.25) is 0 Å². The molecule has 0 saturated carbocycles. The average molecular weight is 473 g/mol. The van der Waals surface area contributed by atoms with Crippen molar-refractivity contribution in [3.63, 3.8) is 0 Å². The zero-order valence-electron chi connectivity index (χ0n) is 20.9. The van der Waals surface area contributed by atoms with Crippen LogP contribution in [0.5, 0.6) is 23.0 Å². The highest BCUT2D eigenvalue weighted by Crippen LogP contribution is 2.40. The highest BCUT2D eigenvalue weighted by atomic mass is 16.7. The largest absolute Gasteiger partial charge is 0.493 e. The van der Waals surface area contributed by atoms with E-state index in [0.717, 1.165) is 18.4 Å². The Morgan fingerprint density at radius 3 is 2.59 bits per heavy atom. The minimum Gasteiger partial charge on any atom is -0.493 e. The Hall–Kier alpha value is -3.13. The van der Waals surface area contributed by atoms with E-state index in [2.05, 4.69) is 24.5 Å². The maximum absolute atomic E-state index is 12.9. The predicted octanol–water partition coefficient (Wildman–Crippen LogP) is 5.53. The van der Waals surface area contributed by atoms with Gasteiger partial charge in [0.05, 0.1) is 33.5 Å². The molecule has 2 N–H and O–H groups in total. The summed E-state index contributed by atoms with van der Waals surface area (Å²) < 4.78 is 28.7. The molecule has 0 saturated heterocycles. The van der Waals surface area contributed by atoms with Gasteiger partial charge in [0.25, 0.3) is 0 Å². The molecule has 2 amide bonds. The number of rotatable bonds is 9. The molecule has 0 fully saturated rings. The molecule has 3 rings (SSSR count). The van der Waals surface area contributed by atoms with Crippen LogP contribution in [-0.4, -0.2) is 39.3 Å². The monoisotopic (exact) mass is 472 g/mol. The molecule has 0 unspecified atom stereocenters. The summed E-state index contributed by atoms with van der Waals surface area (Å²) in [4.78, 5) is 12.9. The number of urea groups is 1. The zero-order chi connectivity index (χ0) is 24.7. The normalized spacial score (nSPS) is 16.6. The quantitative estimate of drug-likeness (QED) is 0.467. The number of nitrogens with one attached hydrogen (secondary N) is 2. The third kappa shape index (κ3) is 6.70. The smallest absolute Gasteiger partial charge is 0.319 e. The second kappa shape index (κ2) is 11.3. The van der Waals surface area contributed by atoms with Crippen LogP contribution in [0, 0.1) is 5.92 Å². The van der Waals surface area contributed by atoms with Crippen LogP contribution in [0.4, 0.5) is 10.5 Å². The first-order valence-corrected chi connectivity index (χ1v) is 11.6. The van der Waals surface area contributed by atoms with Crippen LogP contribution in [-0.2, 0) is 4.74 Å². The molecule has 0 aliphatic carbocycles. The van der Waals surface area contributed by atoms with Crippen molar-refractivity contribution < 1.29 is 28.5 Å². The molecular formula is C26H36N2O6. The molecule has 1 heterocycles. The lowest BCUT2D eigenvalue weighted by Crippen LogP contribution is -2.36. The van der Waals surface area contributed by atoms with E-state index in [4.69, 9.17) is 23.7 Å². The van der Waals surface area contributed by atoms with Gasteiger partial charge in [-0.05, 0) is 37.0 Å². The number of benzene rings is 2. The Morgan fingerprint density at radius 1 is 1.12 bits per heavy atom. The molecule has 1 aliphatic heterocycles. The molecule has 8 nitrogen and oxygen atoms in total. The van der Waals surface area contributed by atoms with E-state index in [1.54, 1.807) is 32.4 Å². The summed E-state index contributed by atoms with van der Waals surface area (Å²) in [5.41, 5.74) is 1.37. The summed E-state index contributed by atoms with van der Waals surface area (Å²) in [6, 6.07) is 10.1. The van der Waals surface area contributed by atoms with Gasteiger partial charge in [0.15, 0.2) is 23.0 Å². The molecule has 0 aromatic heterocycles. The number of methoxy groups -OCH3 is 2. The van der Waals surface area contributed by atoms with Crippen LogP contribution in [0.1, 0.15) is 52.1 Å². The standard InChI is InChI=1S/C26H36N2O6/c1-17(2)9-8-14-32-23-15-18(12-13-21(23)30-5)27-25(29)28-20-16-33-26(3,4)34-24-19(20)10-7-11-22(24)31-6/h7,10-13,15,17,20H,8-9,14,16H2,1-6H3,(H2,27,28,29)/t20-/m0/s1. The number of ether oxygens (including phenoxy) is 5. The first-order chi connectivity index (χ1) is 16.2. The number of amides is 2. The van der Waals surface area contributed by atoms with Crippen LogP contribution in [0.3, 0.4) is 0 Å². The van der Waals surface area contributed by atoms with Crippen molar-refractivity contribution in [1.82, 2.24) is 5.32 Å². The fraction of sp³-hybridized carbons (Fsp3) is 0.500. The Labute approximate surface area is 201 Å². The fourth-order valence-electron chi connectivity index (χ4n) is 3.71. The molecule has 186 valence electrons. The molecule has 0 radical (unpaired) electrons. The number of para-hydroxylation sites is 1. The lowest BCUT2D eigenvalue weighted by atomic mass is 10.1. The van der Waals surface area contributed by atoms with Gasteiger partial charge in [-0.15, -0.1) is 0 Å². The van der Waals surface area contributed by atoms with E-state index in [1.165, 1.54) is 0 Å². The number of hydrogen-bond acceptors (Lipinski definition) is 6. The van der Waals surface area contributed by atoms with E-state index in [-0.39, 0.29) is 12.6 Å². The predicted molar refractivity (Wildman–Crippen MR) is 131 cm³/mol. The number of carbonyl (C=O) groups excluding carboxylic acids is 1. The van der Waals surface area contributed by atoms with Crippen molar-refractivity contribution in [3.05, 3.63) is 42.0 Å². The summed E-state index contributed by atoms with van der Waals surface area (Å²) >= 11 is 0. The molecule has 0 spiro atoms. The summed E-state index contributed by atoms with van der Waals surface area (Å²) in [5.74, 6) is 2.10. The Kier molecular flexibility index (Phi) is 8.50. The summed E-state index contributed by atoms with van der Waals surface area (Å²) in [6.07, 6.45) is 2.03. The van der Waals surface area contributed by atoms with Crippen molar-refractivity contribution in [3.8, 4) is 23.0 Å². The minimum absolute atomic E-state index is 0.243. The number of carbonyl (C=O) groups is 1. The SMILES string of the molecule is COc1ccc(NC(=O)N[C@H]2COC(C)(C)Oc3c(OC)cccc32)cc1OCCCC(C)C. The van der Waals surface area contributed by atoms with Crippen LogP contribution >= 0.6 is 0 Å². The molecule has 2 aromatic rings. The van der Waals surface area contributed by atoms with Gasteiger partial charge in [-0.3, -0.25) is 0 Å². The van der Waals surface area contributed by atoms with E-state index < -0.39 is 11.8 Å². The van der Waals surface area contributed by atoms with Gasteiger partial charge in [-0.25, -0.2) is 4.79 Å². The minimum atomic E-state index is -0.867. The van der Waals surface area contributed by atoms with E-state index >= 15 is 0 Å². The topological polar surface area (TPSA) is 87.3 Å². The Bertz CT molecular complexity index is 976. The van der Waals surface area contributed by atoms with Crippen molar-refractivity contribution >= 4 is 11.7 Å². The summed E-state index contributed by atoms with van der Waals surface area (Å²) in [5, 5.41) is 5.86. The van der Waals surface area contributed by atoms with Crippen molar-refractivity contribution in [2.75, 3.05) is 32.8 Å². The molecule has 0 bridgehead atoms. The summed E-state index contributed by atoms with van der Waals surface area (Å²) in [6.45, 7) is 8.85. The zero-order valence-corrected chi connectivity index (χ0v) is 20.9. The molecular weight excluding hydrogens is 436 g/mol. The Morgan fingerprint density at radius 2 is 1.88 bits per heavy atom. The van der Waals surface area contributed by atoms with Crippen LogP contribution in [0.15, 0.2) is 36.4 Å². The van der Waals surface area contributed by atoms with Gasteiger partial charge >= 0.3 is 6.03 Å². The molecule has 1 atom stereocenters. The maximum atomic E-state index is 12.9. The van der Waals surface area contributed by atoms with Crippen LogP contribution < -0.4 is 29.6 Å². The fourth-order valence-corrected chi connectivity index (χ4v) is 3.71. The van der Waals surface area contributed by atoms with Gasteiger partial charge in [-0.2, -0.15) is 0 Å². The van der Waals surface area contributed by atoms with E-state index in [9.17, 15) is 4.79 Å². The van der Waals surface area contributed by atoms with Crippen molar-refractivity contribution in [2.24, 2.45) is 5.92 Å². The first kappa shape index (κ1) is 25.5. The second-order valence-electron chi connectivity index (χ2n) is 9.09. The highest BCUT2D eigenvalue weighted by Gasteiger charge is 2.33. The van der Waals surface area contributed by atoms with Gasteiger partial charge < -0.3 is 34.3 Å². The van der Waals surface area contributed by atoms with Crippen molar-refractivity contribution in [1.29, 1.82) is 0 Å². The molecule has 1 aliphatic rings. The molecule has 2 aromatic carbocycles. The second-order valence-corrected chi connectivity index (χ2v) is 9.09. The number of hydrogen-bond donors (Lipinski definition) is 2. The molecule has 34 heavy (non-hydrogen) atoms. The Balaban J connectivity index is 1.71. The molecule has 8 heteroatoms. The third-order valence-corrected chi connectivity index (χ3v) is 5.46. The van der Waals surface area contributed by atoms with Gasteiger partial charge in [0, 0.05) is 31.2 Å². The van der Waals surface area contributed by atoms with Crippen molar-refractivity contribution in [2.45, 2.75) is 52.4 Å². The van der Waals surface area contributed by atoms with Gasteiger partial charge in [-0.1, -0.05) is 26.0 Å². The lowest BCUT2D eigenvalue weighted by molar-refractivity contribution is -0.153. The highest BCUT2D eigenvalue weighted by molar-refractivity contribution is 5.90. The third-order valence-electron chi connectivity index (χ3n) is 5.46. The number of anilines is 1. The van der Waals surface area contributed by atoms with Gasteiger partial charge in [0.2, 0.25) is 5.79 Å². The summed E-state index contributed by atoms with van der Waals surface area (Å²) in [7, 11) is 3.18. The first-order valence-electron chi connectivity index (χ1n) is 11.6. The van der Waals surface area contributed by atoms with E-state index in [1.807, 2.05) is 32.0 Å². The maximum Gasteiger partial charge on any atom is 0.319 e. The lowest BCUT2D eigenvalue weighted by Gasteiger charge is -2.25. The number of fused-ring (bicyclic) bond motifs is 1. The van der Waals surface area contributed by atoms with Gasteiger partial charge in [0.1, 0.15) is 0 Å².